The second-order valence-corrected chi connectivity index (χ2v) is 7.91. The molecule has 162 valence electrons. The van der Waals surface area contributed by atoms with E-state index in [0.717, 1.165) is 12.0 Å². The largest absolute Gasteiger partial charge is 0.354 e. The quantitative estimate of drug-likeness (QED) is 0.467. The zero-order valence-corrected chi connectivity index (χ0v) is 17.5. The van der Waals surface area contributed by atoms with Gasteiger partial charge in [-0.25, -0.2) is 18.3 Å². The molecule has 3 heterocycles. The summed E-state index contributed by atoms with van der Waals surface area (Å²) in [5.41, 5.74) is 3.01. The van der Waals surface area contributed by atoms with Crippen LogP contribution in [0.5, 0.6) is 0 Å². The van der Waals surface area contributed by atoms with Crippen LogP contribution in [0.1, 0.15) is 18.4 Å². The third-order valence-electron chi connectivity index (χ3n) is 5.66. The van der Waals surface area contributed by atoms with Crippen molar-refractivity contribution in [2.45, 2.75) is 19.4 Å². The van der Waals surface area contributed by atoms with Crippen molar-refractivity contribution in [3.63, 3.8) is 0 Å². The van der Waals surface area contributed by atoms with Crippen LogP contribution in [0.25, 0.3) is 16.9 Å². The number of fused-ring (bicyclic) bond motifs is 1. The highest BCUT2D eigenvalue weighted by Gasteiger charge is 2.24. The Labute approximate surface area is 183 Å². The molecule has 4 aromatic rings. The number of hydrogen-bond donors (Lipinski definition) is 0. The van der Waals surface area contributed by atoms with E-state index in [9.17, 15) is 13.6 Å². The van der Waals surface area contributed by atoms with Crippen molar-refractivity contribution >= 4 is 23.1 Å². The summed E-state index contributed by atoms with van der Waals surface area (Å²) in [5.74, 6) is -0.121. The van der Waals surface area contributed by atoms with Gasteiger partial charge in [-0.2, -0.15) is 0 Å². The zero-order chi connectivity index (χ0) is 22.2. The second-order valence-electron chi connectivity index (χ2n) is 7.91. The lowest BCUT2D eigenvalue weighted by molar-refractivity contribution is -0.117. The van der Waals surface area contributed by atoms with Crippen molar-refractivity contribution in [1.82, 2.24) is 14.6 Å². The summed E-state index contributed by atoms with van der Waals surface area (Å²) in [6.45, 7) is 1.01. The molecule has 1 aliphatic rings. The Morgan fingerprint density at radius 1 is 1.09 bits per heavy atom. The van der Waals surface area contributed by atoms with Crippen molar-refractivity contribution in [3.8, 4) is 11.3 Å². The molecule has 2 aromatic heterocycles. The lowest BCUT2D eigenvalue weighted by atomic mass is 10.1. The van der Waals surface area contributed by atoms with Gasteiger partial charge in [0.05, 0.1) is 17.6 Å². The molecule has 0 radical (unpaired) electrons. The first-order valence-corrected chi connectivity index (χ1v) is 10.4. The van der Waals surface area contributed by atoms with Crippen molar-refractivity contribution in [1.29, 1.82) is 0 Å². The van der Waals surface area contributed by atoms with Gasteiger partial charge in [-0.3, -0.25) is 4.79 Å². The normalized spacial score (nSPS) is 13.8. The predicted octanol–water partition coefficient (Wildman–Crippen LogP) is 4.44. The number of rotatable bonds is 5. The van der Waals surface area contributed by atoms with Crippen LogP contribution >= 0.6 is 0 Å². The molecule has 0 aliphatic carbocycles. The van der Waals surface area contributed by atoms with Gasteiger partial charge < -0.3 is 9.80 Å². The molecule has 0 unspecified atom stereocenters. The van der Waals surface area contributed by atoms with Gasteiger partial charge >= 0.3 is 0 Å². The SMILES string of the molecule is CN(Cc1cccc(F)c1)c1ccc2ncc(-c3ccc(N4CCCC4=O)c(F)c3)n2n1. The molecule has 1 fully saturated rings. The third kappa shape index (κ3) is 3.68. The number of benzene rings is 2. The van der Waals surface area contributed by atoms with Crippen LogP contribution in [0, 0.1) is 11.6 Å². The maximum Gasteiger partial charge on any atom is 0.227 e. The number of carbonyl (C=O) groups excluding carboxylic acids is 1. The molecule has 6 nitrogen and oxygen atoms in total. The highest BCUT2D eigenvalue weighted by Crippen LogP contribution is 2.29. The first-order valence-electron chi connectivity index (χ1n) is 10.4. The summed E-state index contributed by atoms with van der Waals surface area (Å²) in [6.07, 6.45) is 2.83. The molecular weight excluding hydrogens is 412 g/mol. The molecule has 5 rings (SSSR count). The van der Waals surface area contributed by atoms with Crippen molar-refractivity contribution in [2.75, 3.05) is 23.4 Å². The van der Waals surface area contributed by atoms with Crippen LogP contribution in [0.15, 0.2) is 60.8 Å². The van der Waals surface area contributed by atoms with E-state index < -0.39 is 5.82 Å². The predicted molar refractivity (Wildman–Crippen MR) is 118 cm³/mol. The average molecular weight is 433 g/mol. The summed E-state index contributed by atoms with van der Waals surface area (Å²) in [7, 11) is 1.87. The molecule has 0 N–H and O–H groups in total. The van der Waals surface area contributed by atoms with Gasteiger partial charge in [-0.1, -0.05) is 18.2 Å². The highest BCUT2D eigenvalue weighted by atomic mass is 19.1. The van der Waals surface area contributed by atoms with Crippen molar-refractivity contribution in [2.24, 2.45) is 0 Å². The minimum atomic E-state index is -0.452. The van der Waals surface area contributed by atoms with Gasteiger partial charge in [0.15, 0.2) is 5.65 Å². The first kappa shape index (κ1) is 20.1. The van der Waals surface area contributed by atoms with Gasteiger partial charge in [0.1, 0.15) is 17.5 Å². The molecule has 0 bridgehead atoms. The van der Waals surface area contributed by atoms with Crippen LogP contribution in [0.2, 0.25) is 0 Å². The topological polar surface area (TPSA) is 53.7 Å². The molecule has 1 amide bonds. The Morgan fingerprint density at radius 2 is 1.97 bits per heavy atom. The number of hydrogen-bond acceptors (Lipinski definition) is 4. The lowest BCUT2D eigenvalue weighted by Crippen LogP contribution is -2.24. The third-order valence-corrected chi connectivity index (χ3v) is 5.66. The van der Waals surface area contributed by atoms with Gasteiger partial charge in [-0.05, 0) is 48.4 Å². The maximum absolute atomic E-state index is 14.9. The molecule has 8 heteroatoms. The molecule has 0 saturated carbocycles. The summed E-state index contributed by atoms with van der Waals surface area (Å²) in [6, 6.07) is 14.9. The Kier molecular flexibility index (Phi) is 5.05. The first-order chi connectivity index (χ1) is 15.5. The van der Waals surface area contributed by atoms with Gasteiger partial charge in [0, 0.05) is 32.1 Å². The Hall–Kier alpha value is -3.81. The van der Waals surface area contributed by atoms with Gasteiger partial charge in [0.2, 0.25) is 5.91 Å². The van der Waals surface area contributed by atoms with E-state index in [4.69, 9.17) is 0 Å². The zero-order valence-electron chi connectivity index (χ0n) is 17.5. The standard InChI is InChI=1S/C24H21F2N5O/c1-29(15-16-4-2-5-18(25)12-16)23-10-9-22-27-14-21(31(22)28-23)17-7-8-20(19(26)13-17)30-11-3-6-24(30)32/h2,4-5,7-10,12-14H,3,6,11,15H2,1H3. The van der Waals surface area contributed by atoms with E-state index in [-0.39, 0.29) is 11.7 Å². The van der Waals surface area contributed by atoms with Crippen LogP contribution < -0.4 is 9.80 Å². The number of nitrogens with zero attached hydrogens (tertiary/aromatic N) is 5. The van der Waals surface area contributed by atoms with Crippen molar-refractivity contribution < 1.29 is 13.6 Å². The number of amides is 1. The highest BCUT2D eigenvalue weighted by molar-refractivity contribution is 5.95. The van der Waals surface area contributed by atoms with Gasteiger partial charge in [0.25, 0.3) is 0 Å². The summed E-state index contributed by atoms with van der Waals surface area (Å²) in [5, 5.41) is 4.67. The molecule has 2 aromatic carbocycles. The fraction of sp³-hybridized carbons (Fsp3) is 0.208. The Balaban J connectivity index is 1.46. The molecule has 1 aliphatic heterocycles. The Morgan fingerprint density at radius 3 is 2.72 bits per heavy atom. The summed E-state index contributed by atoms with van der Waals surface area (Å²) in [4.78, 5) is 19.7. The van der Waals surface area contributed by atoms with E-state index in [1.165, 1.54) is 23.1 Å². The molecule has 32 heavy (non-hydrogen) atoms. The minimum absolute atomic E-state index is 0.0564. The lowest BCUT2D eigenvalue weighted by Gasteiger charge is -2.19. The smallest absolute Gasteiger partial charge is 0.227 e. The summed E-state index contributed by atoms with van der Waals surface area (Å²) >= 11 is 0. The monoisotopic (exact) mass is 433 g/mol. The van der Waals surface area contributed by atoms with E-state index in [0.29, 0.717) is 47.9 Å². The van der Waals surface area contributed by atoms with E-state index >= 15 is 0 Å². The number of carbonyl (C=O) groups is 1. The minimum Gasteiger partial charge on any atom is -0.354 e. The van der Waals surface area contributed by atoms with Crippen LogP contribution in [-0.2, 0) is 11.3 Å². The molecule has 0 spiro atoms. The molecule has 0 atom stereocenters. The average Bonchev–Trinajstić information content (AvgIpc) is 3.39. The van der Waals surface area contributed by atoms with Gasteiger partial charge in [-0.15, -0.1) is 5.10 Å². The molecular formula is C24H21F2N5O. The van der Waals surface area contributed by atoms with Crippen molar-refractivity contribution in [3.05, 3.63) is 78.0 Å². The fourth-order valence-corrected chi connectivity index (χ4v) is 4.04. The van der Waals surface area contributed by atoms with E-state index in [2.05, 4.69) is 10.1 Å². The Bertz CT molecular complexity index is 1320. The molecule has 1 saturated heterocycles. The van der Waals surface area contributed by atoms with Crippen LogP contribution in [-0.4, -0.2) is 34.1 Å². The fourth-order valence-electron chi connectivity index (χ4n) is 4.04. The maximum atomic E-state index is 14.9. The number of aromatic nitrogens is 3. The summed E-state index contributed by atoms with van der Waals surface area (Å²) < 4.78 is 30.0. The number of anilines is 2. The second kappa shape index (κ2) is 8.03. The van der Waals surface area contributed by atoms with Crippen LogP contribution in [0.4, 0.5) is 20.3 Å². The van der Waals surface area contributed by atoms with E-state index in [1.807, 2.05) is 30.1 Å². The number of imidazole rings is 1. The number of halogens is 2. The van der Waals surface area contributed by atoms with E-state index in [1.54, 1.807) is 28.9 Å². The van der Waals surface area contributed by atoms with Crippen LogP contribution in [0.3, 0.4) is 0 Å².